The van der Waals surface area contributed by atoms with E-state index in [1.807, 2.05) is 59.2 Å². The molecular weight excluding hydrogens is 444 g/mol. The van der Waals surface area contributed by atoms with Crippen LogP contribution in [0.3, 0.4) is 0 Å². The van der Waals surface area contributed by atoms with Crippen LogP contribution in [0.2, 0.25) is 0 Å². The summed E-state index contributed by atoms with van der Waals surface area (Å²) in [6.45, 7) is 1.33. The molecule has 3 N–H and O–H groups in total. The Hall–Kier alpha value is -2.74. The second-order valence-electron chi connectivity index (χ2n) is 8.67. The Bertz CT molecular complexity index is 1090. The third-order valence-corrected chi connectivity index (χ3v) is 7.56. The van der Waals surface area contributed by atoms with Crippen molar-refractivity contribution in [2.75, 3.05) is 30.4 Å². The average Bonchev–Trinajstić information content (AvgIpc) is 3.20. The third kappa shape index (κ3) is 6.23. The number of nitrogens with one attached hydrogen (secondary N) is 1. The highest BCUT2D eigenvalue weighted by Gasteiger charge is 2.30. The van der Waals surface area contributed by atoms with E-state index in [2.05, 4.69) is 41.5 Å². The maximum absolute atomic E-state index is 12.1. The van der Waals surface area contributed by atoms with E-state index in [1.165, 1.54) is 17.0 Å². The Labute approximate surface area is 206 Å². The Morgan fingerprint density at radius 2 is 1.68 bits per heavy atom. The molecule has 1 amide bonds. The van der Waals surface area contributed by atoms with E-state index < -0.39 is 6.09 Å². The molecule has 6 nitrogen and oxygen atoms in total. The zero-order valence-electron chi connectivity index (χ0n) is 19.8. The quantitative estimate of drug-likeness (QED) is 0.188. The van der Waals surface area contributed by atoms with Gasteiger partial charge in [0, 0.05) is 23.9 Å². The Morgan fingerprint density at radius 3 is 2.53 bits per heavy atom. The summed E-state index contributed by atoms with van der Waals surface area (Å²) >= 11 is 1.81. The van der Waals surface area contributed by atoms with Crippen molar-refractivity contribution < 1.29 is 9.53 Å². The molecule has 0 aliphatic carbocycles. The van der Waals surface area contributed by atoms with Crippen LogP contribution in [0.4, 0.5) is 16.2 Å². The van der Waals surface area contributed by atoms with Gasteiger partial charge in [0.15, 0.2) is 0 Å². The second kappa shape index (κ2) is 12.1. The molecule has 0 saturated heterocycles. The number of unbranched alkanes of at least 4 members (excludes halogenated alkanes) is 5. The lowest BCUT2D eigenvalue weighted by atomic mass is 10.1. The highest BCUT2D eigenvalue weighted by atomic mass is 32.2. The van der Waals surface area contributed by atoms with E-state index in [-0.39, 0.29) is 5.50 Å². The maximum atomic E-state index is 12.1. The first kappa shape index (κ1) is 24.4. The topological polar surface area (TPSA) is 70.8 Å². The van der Waals surface area contributed by atoms with Crippen LogP contribution in [0, 0.1) is 0 Å². The van der Waals surface area contributed by atoms with Gasteiger partial charge in [0.25, 0.3) is 0 Å². The standard InChI is InChI=1S/C27H34N4O2S/c1-30-24-17-8-9-18-25(24)34-27(30)31(28)19-10-4-2-3-5-11-20-33-26(32)29-23-16-12-14-21-13-6-7-15-22(21)23/h6-9,12-18,27H,2-5,10-11,19-20,28H2,1H3,(H,29,32). The molecule has 180 valence electrons. The molecule has 0 saturated carbocycles. The fraction of sp³-hybridized carbons (Fsp3) is 0.370. The number of hydrogen-bond donors (Lipinski definition) is 2. The van der Waals surface area contributed by atoms with E-state index in [0.29, 0.717) is 6.61 Å². The molecular formula is C27H34N4O2S. The molecule has 1 atom stereocenters. The summed E-state index contributed by atoms with van der Waals surface area (Å²) in [7, 11) is 2.10. The lowest BCUT2D eigenvalue weighted by molar-refractivity contribution is 0.159. The third-order valence-electron chi connectivity index (χ3n) is 6.16. The predicted octanol–water partition coefficient (Wildman–Crippen LogP) is 6.43. The van der Waals surface area contributed by atoms with E-state index in [0.717, 1.165) is 55.1 Å². The molecule has 0 fully saturated rings. The summed E-state index contributed by atoms with van der Waals surface area (Å²) in [5, 5.41) is 6.92. The van der Waals surface area contributed by atoms with Gasteiger partial charge in [-0.3, -0.25) is 11.2 Å². The van der Waals surface area contributed by atoms with Crippen molar-refractivity contribution in [3.8, 4) is 0 Å². The average molecular weight is 479 g/mol. The number of benzene rings is 3. The summed E-state index contributed by atoms with van der Waals surface area (Å²) in [5.41, 5.74) is 2.19. The minimum atomic E-state index is -0.392. The zero-order chi connectivity index (χ0) is 23.8. The molecule has 0 spiro atoms. The molecule has 3 aromatic carbocycles. The predicted molar refractivity (Wildman–Crippen MR) is 142 cm³/mol. The van der Waals surface area contributed by atoms with Crippen molar-refractivity contribution >= 4 is 40.0 Å². The lowest BCUT2D eigenvalue weighted by Gasteiger charge is -2.29. The molecule has 1 unspecified atom stereocenters. The first-order valence-electron chi connectivity index (χ1n) is 12.0. The SMILES string of the molecule is CN1c2ccccc2SC1N(N)CCCCCCCCOC(=O)Nc1cccc2ccccc12. The van der Waals surface area contributed by atoms with Gasteiger partial charge in [-0.05, 0) is 36.4 Å². The Balaban J connectivity index is 1.04. The molecule has 7 heteroatoms. The van der Waals surface area contributed by atoms with Gasteiger partial charge >= 0.3 is 6.09 Å². The fourth-order valence-electron chi connectivity index (χ4n) is 4.31. The number of amides is 1. The molecule has 4 rings (SSSR count). The number of carbonyl (C=O) groups excluding carboxylic acids is 1. The summed E-state index contributed by atoms with van der Waals surface area (Å²) in [5.74, 6) is 6.36. The van der Waals surface area contributed by atoms with Crippen LogP contribution in [0.5, 0.6) is 0 Å². The molecule has 1 aliphatic rings. The first-order valence-corrected chi connectivity index (χ1v) is 12.9. The number of hydrazine groups is 1. The van der Waals surface area contributed by atoms with Crippen molar-refractivity contribution in [3.63, 3.8) is 0 Å². The number of nitrogens with two attached hydrogens (primary N) is 1. The highest BCUT2D eigenvalue weighted by molar-refractivity contribution is 8.00. The van der Waals surface area contributed by atoms with Crippen LogP contribution in [0.25, 0.3) is 10.8 Å². The summed E-state index contributed by atoms with van der Waals surface area (Å²) < 4.78 is 5.37. The van der Waals surface area contributed by atoms with Gasteiger partial charge in [-0.25, -0.2) is 9.80 Å². The zero-order valence-corrected chi connectivity index (χ0v) is 20.6. The van der Waals surface area contributed by atoms with Gasteiger partial charge < -0.3 is 9.64 Å². The largest absolute Gasteiger partial charge is 0.449 e. The monoisotopic (exact) mass is 478 g/mol. The fourth-order valence-corrected chi connectivity index (χ4v) is 5.54. The second-order valence-corrected chi connectivity index (χ2v) is 9.77. The van der Waals surface area contributed by atoms with Gasteiger partial charge in [0.2, 0.25) is 0 Å². The first-order chi connectivity index (χ1) is 16.6. The normalized spacial score (nSPS) is 15.0. The van der Waals surface area contributed by atoms with Crippen molar-refractivity contribution in [3.05, 3.63) is 66.7 Å². The molecule has 1 aliphatic heterocycles. The molecule has 0 radical (unpaired) electrons. The van der Waals surface area contributed by atoms with Crippen LogP contribution >= 0.6 is 11.8 Å². The minimum Gasteiger partial charge on any atom is -0.449 e. The number of ether oxygens (including phenoxy) is 1. The van der Waals surface area contributed by atoms with Crippen LogP contribution in [-0.4, -0.2) is 36.8 Å². The van der Waals surface area contributed by atoms with E-state index >= 15 is 0 Å². The Morgan fingerprint density at radius 1 is 0.971 bits per heavy atom. The molecule has 3 aromatic rings. The number of carbonyl (C=O) groups is 1. The molecule has 1 heterocycles. The smallest absolute Gasteiger partial charge is 0.411 e. The summed E-state index contributed by atoms with van der Waals surface area (Å²) in [6, 6.07) is 22.3. The number of anilines is 2. The maximum Gasteiger partial charge on any atom is 0.411 e. The number of fused-ring (bicyclic) bond motifs is 2. The lowest BCUT2D eigenvalue weighted by Crippen LogP contribution is -2.47. The van der Waals surface area contributed by atoms with Crippen LogP contribution in [-0.2, 0) is 4.74 Å². The van der Waals surface area contributed by atoms with Crippen LogP contribution in [0.1, 0.15) is 38.5 Å². The minimum absolute atomic E-state index is 0.162. The summed E-state index contributed by atoms with van der Waals surface area (Å²) in [4.78, 5) is 15.7. The van der Waals surface area contributed by atoms with E-state index in [4.69, 9.17) is 10.6 Å². The van der Waals surface area contributed by atoms with Gasteiger partial charge in [-0.1, -0.05) is 86.0 Å². The number of hydrogen-bond acceptors (Lipinski definition) is 6. The Kier molecular flexibility index (Phi) is 8.68. The van der Waals surface area contributed by atoms with Crippen molar-refractivity contribution in [2.45, 2.75) is 48.9 Å². The van der Waals surface area contributed by atoms with Gasteiger partial charge in [0.1, 0.15) is 5.50 Å². The van der Waals surface area contributed by atoms with Crippen molar-refractivity contribution in [1.82, 2.24) is 5.01 Å². The van der Waals surface area contributed by atoms with E-state index in [9.17, 15) is 4.79 Å². The molecule has 34 heavy (non-hydrogen) atoms. The number of para-hydroxylation sites is 1. The van der Waals surface area contributed by atoms with Gasteiger partial charge in [-0.15, -0.1) is 0 Å². The molecule has 0 bridgehead atoms. The number of rotatable bonds is 11. The van der Waals surface area contributed by atoms with Crippen molar-refractivity contribution in [2.24, 2.45) is 5.84 Å². The van der Waals surface area contributed by atoms with Gasteiger partial charge in [0.05, 0.1) is 18.0 Å². The molecule has 0 aromatic heterocycles. The highest BCUT2D eigenvalue weighted by Crippen LogP contribution is 2.42. The van der Waals surface area contributed by atoms with E-state index in [1.54, 1.807) is 0 Å². The van der Waals surface area contributed by atoms with Crippen molar-refractivity contribution in [1.29, 1.82) is 0 Å². The number of nitrogens with zero attached hydrogens (tertiary/aromatic N) is 2. The summed E-state index contributed by atoms with van der Waals surface area (Å²) in [6.07, 6.45) is 6.10. The van der Waals surface area contributed by atoms with Crippen LogP contribution in [0.15, 0.2) is 71.6 Å². The number of thioether (sulfide) groups is 1. The van der Waals surface area contributed by atoms with Crippen LogP contribution < -0.4 is 16.1 Å². The van der Waals surface area contributed by atoms with Gasteiger partial charge in [-0.2, -0.15) is 0 Å².